The fourth-order valence-corrected chi connectivity index (χ4v) is 1.96. The van der Waals surface area contributed by atoms with Crippen molar-refractivity contribution in [1.29, 1.82) is 0 Å². The summed E-state index contributed by atoms with van der Waals surface area (Å²) < 4.78 is 11.0. The zero-order valence-corrected chi connectivity index (χ0v) is 10.8. The van der Waals surface area contributed by atoms with Gasteiger partial charge in [0, 0.05) is 23.6 Å². The van der Waals surface area contributed by atoms with Crippen LogP contribution in [0.25, 0.3) is 10.8 Å². The average molecular weight is 245 g/mol. The van der Waals surface area contributed by atoms with Gasteiger partial charge >= 0.3 is 0 Å². The van der Waals surface area contributed by atoms with Crippen LogP contribution in [0.15, 0.2) is 36.4 Å². The zero-order valence-electron chi connectivity index (χ0n) is 10.8. The van der Waals surface area contributed by atoms with Gasteiger partial charge in [-0.1, -0.05) is 36.4 Å². The van der Waals surface area contributed by atoms with Crippen molar-refractivity contribution in [3.63, 3.8) is 0 Å². The van der Waals surface area contributed by atoms with Crippen LogP contribution in [0.1, 0.15) is 25.5 Å². The molecule has 18 heavy (non-hydrogen) atoms. The number of nitrogens with two attached hydrogens (primary N) is 1. The summed E-state index contributed by atoms with van der Waals surface area (Å²) >= 11 is 0. The number of ether oxygens (including phenoxy) is 2. The maximum Gasteiger partial charge on any atom is 0.189 e. The van der Waals surface area contributed by atoms with Gasteiger partial charge in [-0.05, 0) is 19.2 Å². The number of hydrogen-bond acceptors (Lipinski definition) is 3. The lowest BCUT2D eigenvalue weighted by atomic mass is 10.0. The van der Waals surface area contributed by atoms with Gasteiger partial charge in [0.25, 0.3) is 0 Å². The fraction of sp³-hybridized carbons (Fsp3) is 0.333. The topological polar surface area (TPSA) is 44.5 Å². The Morgan fingerprint density at radius 3 is 2.67 bits per heavy atom. The fourth-order valence-electron chi connectivity index (χ4n) is 1.96. The molecule has 1 unspecified atom stereocenters. The van der Waals surface area contributed by atoms with E-state index in [2.05, 4.69) is 12.1 Å². The van der Waals surface area contributed by atoms with Gasteiger partial charge in [-0.15, -0.1) is 0 Å². The summed E-state index contributed by atoms with van der Waals surface area (Å²) in [5, 5.41) is 2.22. The van der Waals surface area contributed by atoms with Gasteiger partial charge in [-0.2, -0.15) is 0 Å². The number of rotatable bonds is 5. The van der Waals surface area contributed by atoms with Crippen LogP contribution in [0.3, 0.4) is 0 Å². The second kappa shape index (κ2) is 5.85. The van der Waals surface area contributed by atoms with E-state index >= 15 is 0 Å². The molecule has 3 nitrogen and oxygen atoms in total. The molecule has 0 saturated heterocycles. The molecule has 0 aliphatic carbocycles. The van der Waals surface area contributed by atoms with Crippen LogP contribution in [0.4, 0.5) is 0 Å². The van der Waals surface area contributed by atoms with Gasteiger partial charge in [-0.25, -0.2) is 0 Å². The average Bonchev–Trinajstić information content (AvgIpc) is 2.38. The van der Waals surface area contributed by atoms with Crippen molar-refractivity contribution in [1.82, 2.24) is 0 Å². The van der Waals surface area contributed by atoms with Gasteiger partial charge in [0.15, 0.2) is 6.79 Å². The third-order valence-electron chi connectivity index (χ3n) is 2.89. The molecule has 96 valence electrons. The number of fused-ring (bicyclic) bond motifs is 1. The van der Waals surface area contributed by atoms with E-state index in [-0.39, 0.29) is 12.8 Å². The van der Waals surface area contributed by atoms with Crippen molar-refractivity contribution in [2.75, 3.05) is 13.4 Å². The highest BCUT2D eigenvalue weighted by Crippen LogP contribution is 2.32. The van der Waals surface area contributed by atoms with Crippen LogP contribution in [0.5, 0.6) is 5.75 Å². The van der Waals surface area contributed by atoms with Gasteiger partial charge in [0.1, 0.15) is 5.75 Å². The SMILES string of the molecule is CCOCOc1c(C(C)N)ccc2ccccc12. The second-order valence-corrected chi connectivity index (χ2v) is 4.25. The Morgan fingerprint density at radius 2 is 1.94 bits per heavy atom. The Morgan fingerprint density at radius 1 is 1.17 bits per heavy atom. The minimum Gasteiger partial charge on any atom is -0.467 e. The van der Waals surface area contributed by atoms with Crippen LogP contribution in [-0.4, -0.2) is 13.4 Å². The largest absolute Gasteiger partial charge is 0.467 e. The first kappa shape index (κ1) is 12.9. The van der Waals surface area contributed by atoms with E-state index in [4.69, 9.17) is 15.2 Å². The van der Waals surface area contributed by atoms with Crippen LogP contribution >= 0.6 is 0 Å². The summed E-state index contributed by atoms with van der Waals surface area (Å²) in [6, 6.07) is 12.2. The summed E-state index contributed by atoms with van der Waals surface area (Å²) in [5.74, 6) is 0.830. The Hall–Kier alpha value is -1.58. The molecule has 1 atom stereocenters. The van der Waals surface area contributed by atoms with Crippen LogP contribution in [-0.2, 0) is 4.74 Å². The lowest BCUT2D eigenvalue weighted by molar-refractivity contribution is 0.0226. The minimum atomic E-state index is -0.0637. The number of benzene rings is 2. The van der Waals surface area contributed by atoms with E-state index in [0.29, 0.717) is 6.61 Å². The zero-order chi connectivity index (χ0) is 13.0. The van der Waals surface area contributed by atoms with Crippen molar-refractivity contribution in [2.24, 2.45) is 5.73 Å². The minimum absolute atomic E-state index is 0.0637. The Labute approximate surface area is 108 Å². The molecule has 0 saturated carbocycles. The lowest BCUT2D eigenvalue weighted by Crippen LogP contribution is -2.10. The molecule has 0 bridgehead atoms. The summed E-state index contributed by atoms with van der Waals surface area (Å²) in [6.07, 6.45) is 0. The molecule has 0 aliphatic rings. The Bertz CT molecular complexity index is 523. The quantitative estimate of drug-likeness (QED) is 0.649. The van der Waals surface area contributed by atoms with Crippen molar-refractivity contribution >= 4 is 10.8 Å². The molecular weight excluding hydrogens is 226 g/mol. The summed E-state index contributed by atoms with van der Waals surface area (Å²) in [5.41, 5.74) is 7.00. The third kappa shape index (κ3) is 2.63. The van der Waals surface area contributed by atoms with Crippen molar-refractivity contribution in [2.45, 2.75) is 19.9 Å². The van der Waals surface area contributed by atoms with Crippen molar-refractivity contribution in [3.05, 3.63) is 42.0 Å². The highest BCUT2D eigenvalue weighted by Gasteiger charge is 2.11. The first-order valence-electron chi connectivity index (χ1n) is 6.21. The lowest BCUT2D eigenvalue weighted by Gasteiger charge is -2.16. The van der Waals surface area contributed by atoms with Crippen LogP contribution < -0.4 is 10.5 Å². The predicted octanol–water partition coefficient (Wildman–Crippen LogP) is 3.23. The molecule has 2 rings (SSSR count). The van der Waals surface area contributed by atoms with Gasteiger partial charge in [0.2, 0.25) is 0 Å². The second-order valence-electron chi connectivity index (χ2n) is 4.25. The first-order chi connectivity index (χ1) is 8.74. The van der Waals surface area contributed by atoms with E-state index < -0.39 is 0 Å². The molecule has 3 heteroatoms. The molecule has 0 fully saturated rings. The molecule has 0 amide bonds. The Kier molecular flexibility index (Phi) is 4.18. The molecule has 2 aromatic rings. The van der Waals surface area contributed by atoms with Gasteiger partial charge in [-0.3, -0.25) is 0 Å². The monoisotopic (exact) mass is 245 g/mol. The maximum absolute atomic E-state index is 5.99. The van der Waals surface area contributed by atoms with Crippen molar-refractivity contribution < 1.29 is 9.47 Å². The molecule has 0 radical (unpaired) electrons. The van der Waals surface area contributed by atoms with Gasteiger partial charge < -0.3 is 15.2 Å². The van der Waals surface area contributed by atoms with E-state index in [9.17, 15) is 0 Å². The van der Waals surface area contributed by atoms with Gasteiger partial charge in [0.05, 0.1) is 0 Å². The number of hydrogen-bond donors (Lipinski definition) is 1. The molecule has 2 N–H and O–H groups in total. The van der Waals surface area contributed by atoms with Crippen LogP contribution in [0.2, 0.25) is 0 Å². The van der Waals surface area contributed by atoms with E-state index in [1.54, 1.807) is 0 Å². The van der Waals surface area contributed by atoms with E-state index in [1.165, 1.54) is 0 Å². The summed E-state index contributed by atoms with van der Waals surface area (Å²) in [7, 11) is 0. The molecule has 0 spiro atoms. The maximum atomic E-state index is 5.99. The highest BCUT2D eigenvalue weighted by molar-refractivity contribution is 5.89. The Balaban J connectivity index is 2.45. The molecule has 0 aromatic heterocycles. The molecule has 0 heterocycles. The van der Waals surface area contributed by atoms with Crippen molar-refractivity contribution in [3.8, 4) is 5.75 Å². The molecule has 2 aromatic carbocycles. The summed E-state index contributed by atoms with van der Waals surface area (Å²) in [6.45, 7) is 4.79. The summed E-state index contributed by atoms with van der Waals surface area (Å²) in [4.78, 5) is 0. The van der Waals surface area contributed by atoms with E-state index in [0.717, 1.165) is 22.1 Å². The van der Waals surface area contributed by atoms with E-state index in [1.807, 2.05) is 38.1 Å². The first-order valence-corrected chi connectivity index (χ1v) is 6.21. The molecule has 0 aliphatic heterocycles. The normalized spacial score (nSPS) is 12.6. The third-order valence-corrected chi connectivity index (χ3v) is 2.89. The van der Waals surface area contributed by atoms with Crippen LogP contribution in [0, 0.1) is 0 Å². The highest BCUT2D eigenvalue weighted by atomic mass is 16.7. The predicted molar refractivity (Wildman–Crippen MR) is 73.7 cm³/mol. The smallest absolute Gasteiger partial charge is 0.189 e. The standard InChI is InChI=1S/C15H19NO2/c1-3-17-10-18-15-13(11(2)16)9-8-12-6-4-5-7-14(12)15/h4-9,11H,3,10,16H2,1-2H3. The molecular formula is C15H19NO2.